The topological polar surface area (TPSA) is 112 Å². The maximum atomic E-state index is 12.6. The molecule has 0 atom stereocenters. The van der Waals surface area contributed by atoms with E-state index in [0.29, 0.717) is 26.9 Å². The van der Waals surface area contributed by atoms with Crippen molar-refractivity contribution < 1.29 is 13.0 Å². The van der Waals surface area contributed by atoms with Crippen LogP contribution in [-0.4, -0.2) is 27.9 Å². The van der Waals surface area contributed by atoms with Crippen molar-refractivity contribution in [3.63, 3.8) is 0 Å². The summed E-state index contributed by atoms with van der Waals surface area (Å²) in [4.78, 5) is 12.0. The Bertz CT molecular complexity index is 1100. The molecule has 24 heavy (non-hydrogen) atoms. The van der Waals surface area contributed by atoms with E-state index < -0.39 is 10.0 Å². The Hall–Kier alpha value is -1.98. The first kappa shape index (κ1) is 16.9. The van der Waals surface area contributed by atoms with E-state index in [1.165, 1.54) is 15.2 Å². The highest BCUT2D eigenvalue weighted by atomic mass is 79.9. The second kappa shape index (κ2) is 5.83. The van der Waals surface area contributed by atoms with Gasteiger partial charge in [-0.15, -0.1) is 0 Å². The summed E-state index contributed by atoms with van der Waals surface area (Å²) < 4.78 is 35.4. The molecule has 0 radical (unpaired) electrons. The first-order valence-electron chi connectivity index (χ1n) is 6.85. The van der Waals surface area contributed by atoms with Crippen LogP contribution >= 0.6 is 15.9 Å². The van der Waals surface area contributed by atoms with Gasteiger partial charge in [-0.05, 0) is 35.0 Å². The van der Waals surface area contributed by atoms with Crippen LogP contribution in [0, 0.1) is 6.92 Å². The van der Waals surface area contributed by atoms with Crippen LogP contribution in [0.2, 0.25) is 0 Å². The standard InChI is InChI=1S/C13H14BrN5O4S/c1-7-9(17-23-16-7)6-15-24(21,22)12-5-11-10(4-8(12)14)18(2)13(20)19(11)3/h4-5,15H,6H2,1-3H3. The maximum Gasteiger partial charge on any atom is 0.328 e. The molecule has 2 heterocycles. The third-order valence-corrected chi connectivity index (χ3v) is 6.15. The van der Waals surface area contributed by atoms with Gasteiger partial charge in [-0.2, -0.15) is 0 Å². The van der Waals surface area contributed by atoms with Gasteiger partial charge in [-0.25, -0.2) is 22.6 Å². The van der Waals surface area contributed by atoms with Crippen LogP contribution in [0.15, 0.2) is 30.9 Å². The molecule has 3 rings (SSSR count). The minimum absolute atomic E-state index is 0.0327. The first-order valence-corrected chi connectivity index (χ1v) is 9.12. The summed E-state index contributed by atoms with van der Waals surface area (Å²) in [5.74, 6) is 0. The molecule has 0 amide bonds. The smallest absolute Gasteiger partial charge is 0.295 e. The number of rotatable bonds is 4. The predicted octanol–water partition coefficient (Wildman–Crippen LogP) is 0.809. The van der Waals surface area contributed by atoms with Crippen LogP contribution in [0.5, 0.6) is 0 Å². The molecule has 0 aliphatic carbocycles. The summed E-state index contributed by atoms with van der Waals surface area (Å²) in [5.41, 5.74) is 1.83. The fourth-order valence-corrected chi connectivity index (χ4v) is 4.39. The molecular weight excluding hydrogens is 402 g/mol. The number of nitrogens with zero attached hydrogens (tertiary/aromatic N) is 4. The molecule has 0 bridgehead atoms. The number of aryl methyl sites for hydroxylation is 3. The van der Waals surface area contributed by atoms with Gasteiger partial charge < -0.3 is 0 Å². The summed E-state index contributed by atoms with van der Waals surface area (Å²) in [7, 11) is -0.608. The zero-order valence-corrected chi connectivity index (χ0v) is 15.5. The van der Waals surface area contributed by atoms with E-state index in [1.807, 2.05) is 0 Å². The van der Waals surface area contributed by atoms with E-state index in [2.05, 4.69) is 35.6 Å². The SMILES string of the molecule is Cc1nonc1CNS(=O)(=O)c1cc2c(cc1Br)n(C)c(=O)n2C. The van der Waals surface area contributed by atoms with Crippen LogP contribution in [0.3, 0.4) is 0 Å². The summed E-state index contributed by atoms with van der Waals surface area (Å²) >= 11 is 3.26. The highest BCUT2D eigenvalue weighted by molar-refractivity contribution is 9.10. The van der Waals surface area contributed by atoms with Gasteiger partial charge in [0.15, 0.2) is 0 Å². The molecule has 128 valence electrons. The number of aromatic nitrogens is 4. The van der Waals surface area contributed by atoms with Crippen LogP contribution in [0.4, 0.5) is 0 Å². The molecular formula is C13H14BrN5O4S. The third-order valence-electron chi connectivity index (χ3n) is 3.79. The number of benzene rings is 1. The van der Waals surface area contributed by atoms with Crippen molar-refractivity contribution in [1.29, 1.82) is 0 Å². The molecule has 0 saturated carbocycles. The number of nitrogens with one attached hydrogen (secondary N) is 1. The Morgan fingerprint density at radius 1 is 1.21 bits per heavy atom. The van der Waals surface area contributed by atoms with Crippen molar-refractivity contribution in [2.24, 2.45) is 14.1 Å². The quantitative estimate of drug-likeness (QED) is 0.674. The fourth-order valence-electron chi connectivity index (χ4n) is 2.36. The lowest BCUT2D eigenvalue weighted by Gasteiger charge is -2.08. The van der Waals surface area contributed by atoms with Gasteiger partial charge in [-0.3, -0.25) is 9.13 Å². The summed E-state index contributed by atoms with van der Waals surface area (Å²) in [6.07, 6.45) is 0. The van der Waals surface area contributed by atoms with E-state index in [1.54, 1.807) is 27.1 Å². The Balaban J connectivity index is 2.04. The van der Waals surface area contributed by atoms with E-state index >= 15 is 0 Å². The first-order chi connectivity index (χ1) is 11.2. The molecule has 0 unspecified atom stereocenters. The number of imidazole rings is 1. The van der Waals surface area contributed by atoms with Gasteiger partial charge in [0, 0.05) is 18.6 Å². The average molecular weight is 416 g/mol. The zero-order valence-electron chi connectivity index (χ0n) is 13.1. The largest absolute Gasteiger partial charge is 0.328 e. The molecule has 1 aromatic carbocycles. The molecule has 1 N–H and O–H groups in total. The molecule has 2 aromatic heterocycles. The van der Waals surface area contributed by atoms with Crippen LogP contribution in [0.25, 0.3) is 11.0 Å². The third kappa shape index (κ3) is 2.68. The monoisotopic (exact) mass is 415 g/mol. The number of hydrogen-bond acceptors (Lipinski definition) is 6. The highest BCUT2D eigenvalue weighted by Gasteiger charge is 2.22. The van der Waals surface area contributed by atoms with E-state index in [-0.39, 0.29) is 17.1 Å². The van der Waals surface area contributed by atoms with Crippen LogP contribution in [-0.2, 0) is 30.7 Å². The highest BCUT2D eigenvalue weighted by Crippen LogP contribution is 2.27. The van der Waals surface area contributed by atoms with Crippen LogP contribution < -0.4 is 10.4 Å². The molecule has 11 heteroatoms. The minimum Gasteiger partial charge on any atom is -0.295 e. The lowest BCUT2D eigenvalue weighted by Crippen LogP contribution is -2.24. The Kier molecular flexibility index (Phi) is 4.10. The van der Waals surface area contributed by atoms with Gasteiger partial charge in [0.25, 0.3) is 0 Å². The second-order valence-corrected chi connectivity index (χ2v) is 7.88. The van der Waals surface area contributed by atoms with E-state index in [9.17, 15) is 13.2 Å². The lowest BCUT2D eigenvalue weighted by atomic mass is 10.3. The molecule has 3 aromatic rings. The van der Waals surface area contributed by atoms with Crippen molar-refractivity contribution in [3.8, 4) is 0 Å². The van der Waals surface area contributed by atoms with Gasteiger partial charge in [0.05, 0.1) is 22.5 Å². The van der Waals surface area contributed by atoms with Gasteiger partial charge in [-0.1, -0.05) is 10.3 Å². The van der Waals surface area contributed by atoms with Crippen molar-refractivity contribution in [1.82, 2.24) is 24.2 Å². The van der Waals surface area contributed by atoms with Crippen LogP contribution in [0.1, 0.15) is 11.4 Å². The van der Waals surface area contributed by atoms with E-state index in [4.69, 9.17) is 0 Å². The van der Waals surface area contributed by atoms with Gasteiger partial charge in [0.2, 0.25) is 10.0 Å². The van der Waals surface area contributed by atoms with Crippen molar-refractivity contribution in [2.75, 3.05) is 0 Å². The maximum absolute atomic E-state index is 12.6. The lowest BCUT2D eigenvalue weighted by molar-refractivity contribution is 0.301. The number of sulfonamides is 1. The molecule has 0 aliphatic heterocycles. The van der Waals surface area contributed by atoms with Crippen molar-refractivity contribution >= 4 is 37.0 Å². The second-order valence-electron chi connectivity index (χ2n) is 5.29. The van der Waals surface area contributed by atoms with Crippen molar-refractivity contribution in [3.05, 3.63) is 38.5 Å². The Morgan fingerprint density at radius 2 is 1.83 bits per heavy atom. The Labute approximate surface area is 145 Å². The average Bonchev–Trinajstić information content (AvgIpc) is 3.03. The molecule has 0 saturated heterocycles. The van der Waals surface area contributed by atoms with Crippen molar-refractivity contribution in [2.45, 2.75) is 18.4 Å². The molecule has 0 spiro atoms. The van der Waals surface area contributed by atoms with Gasteiger partial charge >= 0.3 is 5.69 Å². The molecule has 9 nitrogen and oxygen atoms in total. The summed E-state index contributed by atoms with van der Waals surface area (Å²) in [5, 5.41) is 7.24. The Morgan fingerprint density at radius 3 is 2.42 bits per heavy atom. The van der Waals surface area contributed by atoms with E-state index in [0.717, 1.165) is 0 Å². The summed E-state index contributed by atoms with van der Waals surface area (Å²) in [6.45, 7) is 1.62. The summed E-state index contributed by atoms with van der Waals surface area (Å²) in [6, 6.07) is 3.06. The normalized spacial score (nSPS) is 12.2. The van der Waals surface area contributed by atoms with Gasteiger partial charge in [0.1, 0.15) is 11.4 Å². The minimum atomic E-state index is -3.83. The molecule has 0 fully saturated rings. The number of fused-ring (bicyclic) bond motifs is 1. The molecule has 0 aliphatic rings. The number of halogens is 1. The zero-order chi connectivity index (χ0) is 17.6. The predicted molar refractivity (Wildman–Crippen MR) is 88.9 cm³/mol. The fraction of sp³-hybridized carbons (Fsp3) is 0.308. The number of hydrogen-bond donors (Lipinski definition) is 1.